The van der Waals surface area contributed by atoms with Gasteiger partial charge in [-0.15, -0.1) is 0 Å². The molecule has 2 atom stereocenters. The first kappa shape index (κ1) is 31.4. The zero-order valence-electron chi connectivity index (χ0n) is 19.4. The topological polar surface area (TPSA) is 101 Å². The molecule has 2 N–H and O–H groups in total. The summed E-state index contributed by atoms with van der Waals surface area (Å²) in [6.07, 6.45) is 6.91. The summed E-state index contributed by atoms with van der Waals surface area (Å²) in [5.74, 6) is 0.396. The van der Waals surface area contributed by atoms with Gasteiger partial charge in [-0.1, -0.05) is 47.5 Å². The highest BCUT2D eigenvalue weighted by Gasteiger charge is 2.36. The fraction of sp³-hybridized carbons (Fsp3) is 0.654. The number of aromatic nitrogens is 4. The molecule has 2 unspecified atom stereocenters. The minimum absolute atomic E-state index is 0. The average molecular weight is 511 g/mol. The highest BCUT2D eigenvalue weighted by Crippen LogP contribution is 2.42. The molecule has 0 aromatic carbocycles. The maximum absolute atomic E-state index is 12.3. The third kappa shape index (κ3) is 8.19. The first-order chi connectivity index (χ1) is 16.1. The van der Waals surface area contributed by atoms with Crippen LogP contribution in [0.25, 0.3) is 0 Å². The second-order valence-corrected chi connectivity index (χ2v) is 9.76. The Hall–Kier alpha value is -2.67. The van der Waals surface area contributed by atoms with Crippen molar-refractivity contribution in [3.63, 3.8) is 0 Å². The van der Waals surface area contributed by atoms with Gasteiger partial charge in [-0.2, -0.15) is 5.26 Å². The van der Waals surface area contributed by atoms with Crippen LogP contribution in [0.3, 0.4) is 0 Å². The van der Waals surface area contributed by atoms with Crippen LogP contribution in [0.2, 0.25) is 0 Å². The minimum atomic E-state index is -2.67. The Balaban J connectivity index is 0.000000341. The van der Waals surface area contributed by atoms with Gasteiger partial charge in [0.15, 0.2) is 11.6 Å². The lowest BCUT2D eigenvalue weighted by Crippen LogP contribution is -2.32. The van der Waals surface area contributed by atoms with E-state index >= 15 is 0 Å². The number of hydrogen-bond donors (Lipinski definition) is 1. The highest BCUT2D eigenvalue weighted by molar-refractivity contribution is 5.27. The molecule has 2 aromatic heterocycles. The zero-order valence-corrected chi connectivity index (χ0v) is 19.4. The van der Waals surface area contributed by atoms with Crippen LogP contribution in [0.15, 0.2) is 24.8 Å². The van der Waals surface area contributed by atoms with E-state index in [0.29, 0.717) is 18.0 Å². The zero-order chi connectivity index (χ0) is 24.9. The molecule has 2 aliphatic rings. The predicted octanol–water partition coefficient (Wildman–Crippen LogP) is 6.70. The monoisotopic (exact) mass is 510 g/mol. The average Bonchev–Trinajstić information content (AvgIpc) is 3.77. The van der Waals surface area contributed by atoms with Crippen molar-refractivity contribution in [3.8, 4) is 6.07 Å². The molecular formula is C26H38F4N6. The van der Waals surface area contributed by atoms with Gasteiger partial charge in [-0.05, 0) is 37.2 Å². The van der Waals surface area contributed by atoms with Crippen LogP contribution in [0, 0.1) is 23.2 Å². The van der Waals surface area contributed by atoms with Gasteiger partial charge >= 0.3 is 0 Å². The first-order valence-electron chi connectivity index (χ1n) is 11.4. The maximum Gasteiger partial charge on any atom is 0.297 e. The lowest BCUT2D eigenvalue weighted by Gasteiger charge is -2.28. The van der Waals surface area contributed by atoms with E-state index in [1.165, 1.54) is 37.6 Å². The molecule has 2 aromatic rings. The molecule has 4 rings (SSSR count). The van der Waals surface area contributed by atoms with Gasteiger partial charge in [0.2, 0.25) is 0 Å². The predicted molar refractivity (Wildman–Crippen MR) is 131 cm³/mol. The molecule has 10 heteroatoms. The van der Waals surface area contributed by atoms with Gasteiger partial charge in [0.05, 0.1) is 11.5 Å². The summed E-state index contributed by atoms with van der Waals surface area (Å²) in [4.78, 5) is 14.6. The van der Waals surface area contributed by atoms with E-state index in [-0.39, 0.29) is 20.3 Å². The molecule has 0 spiro atoms. The highest BCUT2D eigenvalue weighted by atomic mass is 19.3. The third-order valence-corrected chi connectivity index (χ3v) is 6.60. The number of rotatable bonds is 9. The number of hydrogen-bond acceptors (Lipinski definition) is 6. The molecule has 6 nitrogen and oxygen atoms in total. The third-order valence-electron chi connectivity index (χ3n) is 6.60. The van der Waals surface area contributed by atoms with Crippen LogP contribution in [0.5, 0.6) is 0 Å². The second-order valence-electron chi connectivity index (χ2n) is 9.76. The van der Waals surface area contributed by atoms with Crippen LogP contribution in [0.1, 0.15) is 103 Å². The molecule has 36 heavy (non-hydrogen) atoms. The van der Waals surface area contributed by atoms with Crippen molar-refractivity contribution >= 4 is 0 Å². The fourth-order valence-corrected chi connectivity index (χ4v) is 3.90. The van der Waals surface area contributed by atoms with E-state index in [9.17, 15) is 22.8 Å². The van der Waals surface area contributed by atoms with Gasteiger partial charge in [0.1, 0.15) is 0 Å². The van der Waals surface area contributed by atoms with Gasteiger partial charge in [0, 0.05) is 42.3 Å². The van der Waals surface area contributed by atoms with Crippen LogP contribution in [-0.2, 0) is 10.8 Å². The molecular weight excluding hydrogens is 472 g/mol. The number of alkyl halides is 4. The van der Waals surface area contributed by atoms with Crippen LogP contribution >= 0.6 is 0 Å². The maximum atomic E-state index is 12.3. The van der Waals surface area contributed by atoms with Gasteiger partial charge in [0.25, 0.3) is 12.9 Å². The normalized spacial score (nSPS) is 18.0. The van der Waals surface area contributed by atoms with E-state index in [1.807, 2.05) is 13.8 Å². The van der Waals surface area contributed by atoms with E-state index in [4.69, 9.17) is 5.73 Å². The SMILES string of the molecule is C.C.CC(C#N)(CC1CC1)c1cnc(C(F)F)nc1.CC(CN)(CC1CC1)c1cnc(C(F)F)nc1. The summed E-state index contributed by atoms with van der Waals surface area (Å²) in [5.41, 5.74) is 6.43. The van der Waals surface area contributed by atoms with Crippen molar-refractivity contribution in [2.75, 3.05) is 6.54 Å². The summed E-state index contributed by atoms with van der Waals surface area (Å²) in [6, 6.07) is 2.25. The molecule has 0 bridgehead atoms. The Morgan fingerprint density at radius 2 is 1.22 bits per heavy atom. The number of nitrogens with zero attached hydrogens (tertiary/aromatic N) is 5. The van der Waals surface area contributed by atoms with E-state index in [1.54, 1.807) is 0 Å². The Kier molecular flexibility index (Phi) is 11.4. The smallest absolute Gasteiger partial charge is 0.297 e. The van der Waals surface area contributed by atoms with Crippen molar-refractivity contribution < 1.29 is 17.6 Å². The Labute approximate surface area is 211 Å². The van der Waals surface area contributed by atoms with Crippen molar-refractivity contribution in [2.24, 2.45) is 17.6 Å². The fourth-order valence-electron chi connectivity index (χ4n) is 3.90. The van der Waals surface area contributed by atoms with Crippen LogP contribution < -0.4 is 5.73 Å². The molecule has 2 saturated carbocycles. The molecule has 2 heterocycles. The molecule has 0 amide bonds. The number of halogens is 4. The van der Waals surface area contributed by atoms with Gasteiger partial charge in [-0.3, -0.25) is 0 Å². The molecule has 2 fully saturated rings. The Morgan fingerprint density at radius 3 is 1.56 bits per heavy atom. The summed E-state index contributed by atoms with van der Waals surface area (Å²) >= 11 is 0. The van der Waals surface area contributed by atoms with E-state index < -0.39 is 29.9 Å². The Morgan fingerprint density at radius 1 is 0.833 bits per heavy atom. The van der Waals surface area contributed by atoms with Crippen LogP contribution in [0.4, 0.5) is 17.6 Å². The summed E-state index contributed by atoms with van der Waals surface area (Å²) in [5, 5.41) is 9.24. The van der Waals surface area contributed by atoms with Crippen LogP contribution in [-0.4, -0.2) is 26.5 Å². The summed E-state index contributed by atoms with van der Waals surface area (Å²) in [7, 11) is 0. The van der Waals surface area contributed by atoms with Crippen molar-refractivity contribution in [1.82, 2.24) is 19.9 Å². The lowest BCUT2D eigenvalue weighted by molar-refractivity contribution is 0.139. The molecule has 200 valence electrons. The molecule has 0 saturated heterocycles. The van der Waals surface area contributed by atoms with Gasteiger partial charge < -0.3 is 5.73 Å². The van der Waals surface area contributed by atoms with Crippen molar-refractivity contribution in [2.45, 2.75) is 90.9 Å². The molecule has 0 radical (unpaired) electrons. The molecule has 0 aliphatic heterocycles. The quantitative estimate of drug-likeness (QED) is 0.377. The first-order valence-corrected chi connectivity index (χ1v) is 11.4. The standard InChI is InChI=1S/C12H17F2N3.C12H13F2N3.2CH4/c2*1-12(7-15,4-8-2-3-8)9-5-16-11(10(13)14)17-6-9;;/h5-6,8,10H,2-4,7,15H2,1H3;5-6,8,10H,2-4H2,1H3;2*1H4. The van der Waals surface area contributed by atoms with Crippen molar-refractivity contribution in [1.29, 1.82) is 5.26 Å². The number of nitriles is 1. The molecule has 2 aliphatic carbocycles. The van der Waals surface area contributed by atoms with E-state index in [0.717, 1.165) is 37.2 Å². The number of nitrogens with two attached hydrogens (primary N) is 1. The summed E-state index contributed by atoms with van der Waals surface area (Å²) in [6.45, 7) is 4.35. The van der Waals surface area contributed by atoms with E-state index in [2.05, 4.69) is 26.0 Å². The largest absolute Gasteiger partial charge is 0.330 e. The van der Waals surface area contributed by atoms with Crippen molar-refractivity contribution in [3.05, 3.63) is 47.6 Å². The van der Waals surface area contributed by atoms with Gasteiger partial charge in [-0.25, -0.2) is 37.5 Å². The lowest BCUT2D eigenvalue weighted by atomic mass is 9.79. The second kappa shape index (κ2) is 13.0. The summed E-state index contributed by atoms with van der Waals surface area (Å²) < 4.78 is 49.3. The minimum Gasteiger partial charge on any atom is -0.330 e. The Bertz CT molecular complexity index is 971.